The minimum atomic E-state index is 0. The van der Waals surface area contributed by atoms with Crippen molar-refractivity contribution in [2.45, 2.75) is 52.4 Å². The molecule has 0 aliphatic carbocycles. The molecule has 2 aromatic rings. The molecule has 1 heteroatoms. The fraction of sp³-hybridized carbons (Fsp3) is 0.444. The minimum Gasteiger partial charge on any atom is -0.214 e. The Morgan fingerprint density at radius 3 is 1.68 bits per heavy atom. The molecule has 0 bridgehead atoms. The Morgan fingerprint density at radius 1 is 0.895 bits per heavy atom. The number of rotatable bonds is 0. The number of hydrogen-bond acceptors (Lipinski definition) is 0. The van der Waals surface area contributed by atoms with E-state index in [1.807, 2.05) is 30.3 Å². The third kappa shape index (κ3) is 5.80. The molecule has 0 saturated heterocycles. The molecule has 2 aromatic carbocycles. The second-order valence-electron chi connectivity index (χ2n) is 6.82. The third-order valence-electron chi connectivity index (χ3n) is 2.99. The van der Waals surface area contributed by atoms with Crippen molar-refractivity contribution >= 4 is 0 Å². The Labute approximate surface area is 129 Å². The fourth-order valence-electron chi connectivity index (χ4n) is 2.05. The van der Waals surface area contributed by atoms with Gasteiger partial charge < -0.3 is 0 Å². The molecular formula is C18H26Fe. The second-order valence-corrected chi connectivity index (χ2v) is 6.82. The van der Waals surface area contributed by atoms with Crippen LogP contribution in [0.15, 0.2) is 48.5 Å². The van der Waals surface area contributed by atoms with E-state index >= 15 is 0 Å². The van der Waals surface area contributed by atoms with Gasteiger partial charge in [0.25, 0.3) is 0 Å². The molecular weight excluding hydrogens is 272 g/mol. The summed E-state index contributed by atoms with van der Waals surface area (Å²) < 4.78 is 0. The summed E-state index contributed by atoms with van der Waals surface area (Å²) in [6.07, 6.45) is 0. The van der Waals surface area contributed by atoms with Gasteiger partial charge in [-0.15, -0.1) is 5.56 Å². The van der Waals surface area contributed by atoms with Gasteiger partial charge in [0.1, 0.15) is 0 Å². The van der Waals surface area contributed by atoms with Gasteiger partial charge in [0.05, 0.1) is 0 Å². The maximum Gasteiger partial charge on any atom is 2.00 e. The van der Waals surface area contributed by atoms with E-state index in [4.69, 9.17) is 0 Å². The van der Waals surface area contributed by atoms with Crippen molar-refractivity contribution in [1.82, 2.24) is 0 Å². The first-order chi connectivity index (χ1) is 8.23. The first kappa shape index (κ1) is 18.2. The Bertz CT molecular complexity index is 387. The summed E-state index contributed by atoms with van der Waals surface area (Å²) >= 11 is 0. The van der Waals surface area contributed by atoms with E-state index in [2.05, 4.69) is 59.7 Å². The van der Waals surface area contributed by atoms with Crippen molar-refractivity contribution in [3.05, 3.63) is 59.7 Å². The van der Waals surface area contributed by atoms with Gasteiger partial charge in [-0.25, -0.2) is 24.3 Å². The van der Waals surface area contributed by atoms with Crippen LogP contribution in [-0.2, 0) is 27.9 Å². The standard InChI is InChI=1S/C13H21.C5H5.Fe/c1-12(2,3)10-8-7-9-11(10)13(4,5)6;1-2-4-5-3-1;/h7-9H,1-6H3;1-5H;/q2*-1;+2. The van der Waals surface area contributed by atoms with Crippen molar-refractivity contribution in [3.63, 3.8) is 0 Å². The molecule has 0 unspecified atom stereocenters. The van der Waals surface area contributed by atoms with Crippen molar-refractivity contribution in [3.8, 4) is 0 Å². The van der Waals surface area contributed by atoms with Crippen LogP contribution in [0.25, 0.3) is 0 Å². The molecule has 0 aliphatic rings. The van der Waals surface area contributed by atoms with Crippen LogP contribution in [0.5, 0.6) is 0 Å². The monoisotopic (exact) mass is 298 g/mol. The zero-order valence-electron chi connectivity index (χ0n) is 13.0. The Hall–Kier alpha value is -0.781. The summed E-state index contributed by atoms with van der Waals surface area (Å²) in [6.45, 7) is 13.7. The zero-order valence-corrected chi connectivity index (χ0v) is 14.1. The van der Waals surface area contributed by atoms with E-state index in [-0.39, 0.29) is 27.9 Å². The quantitative estimate of drug-likeness (QED) is 0.451. The molecule has 0 N–H and O–H groups in total. The molecule has 2 rings (SSSR count). The molecule has 0 atom stereocenters. The molecule has 0 amide bonds. The maximum atomic E-state index is 2.28. The number of hydrogen-bond donors (Lipinski definition) is 0. The van der Waals surface area contributed by atoms with E-state index in [0.29, 0.717) is 0 Å². The molecule has 0 nitrogen and oxygen atoms in total. The van der Waals surface area contributed by atoms with Crippen LogP contribution in [0.2, 0.25) is 0 Å². The van der Waals surface area contributed by atoms with Crippen LogP contribution in [0.3, 0.4) is 0 Å². The first-order valence-electron chi connectivity index (χ1n) is 6.66. The van der Waals surface area contributed by atoms with Crippen molar-refractivity contribution < 1.29 is 17.1 Å². The van der Waals surface area contributed by atoms with Gasteiger partial charge in [-0.05, 0) is 5.41 Å². The van der Waals surface area contributed by atoms with E-state index < -0.39 is 0 Å². The summed E-state index contributed by atoms with van der Waals surface area (Å²) in [6, 6.07) is 16.7. The van der Waals surface area contributed by atoms with Gasteiger partial charge in [-0.3, -0.25) is 0 Å². The summed E-state index contributed by atoms with van der Waals surface area (Å²) in [4.78, 5) is 0. The Balaban J connectivity index is 0.000000454. The summed E-state index contributed by atoms with van der Waals surface area (Å²) in [5.74, 6) is 0. The molecule has 0 aromatic heterocycles. The summed E-state index contributed by atoms with van der Waals surface area (Å²) in [5.41, 5.74) is 3.51. The maximum absolute atomic E-state index is 2.28. The minimum absolute atomic E-state index is 0. The van der Waals surface area contributed by atoms with Gasteiger partial charge in [-0.2, -0.15) is 29.8 Å². The van der Waals surface area contributed by atoms with Crippen LogP contribution < -0.4 is 0 Å². The largest absolute Gasteiger partial charge is 2.00 e. The van der Waals surface area contributed by atoms with Gasteiger partial charge in [0.15, 0.2) is 0 Å². The molecule has 0 fully saturated rings. The summed E-state index contributed by atoms with van der Waals surface area (Å²) in [7, 11) is 0. The van der Waals surface area contributed by atoms with E-state index in [1.54, 1.807) is 0 Å². The third-order valence-corrected chi connectivity index (χ3v) is 2.99. The van der Waals surface area contributed by atoms with Gasteiger partial charge >= 0.3 is 17.1 Å². The van der Waals surface area contributed by atoms with Gasteiger partial charge in [0.2, 0.25) is 0 Å². The van der Waals surface area contributed by atoms with Gasteiger partial charge in [-0.1, -0.05) is 47.0 Å². The molecule has 19 heavy (non-hydrogen) atoms. The van der Waals surface area contributed by atoms with Crippen LogP contribution in [-0.4, -0.2) is 0 Å². The van der Waals surface area contributed by atoms with Crippen LogP contribution in [0.1, 0.15) is 52.7 Å². The van der Waals surface area contributed by atoms with Gasteiger partial charge in [0, 0.05) is 0 Å². The van der Waals surface area contributed by atoms with Crippen molar-refractivity contribution in [1.29, 1.82) is 0 Å². The van der Waals surface area contributed by atoms with E-state index in [0.717, 1.165) is 0 Å². The van der Waals surface area contributed by atoms with E-state index in [1.165, 1.54) is 11.1 Å². The SMILES string of the molecule is CC(C)(C)c1ccc[c-]1C(C)(C)C.[Fe+2].c1cc[cH-]c1. The van der Waals surface area contributed by atoms with Crippen LogP contribution in [0.4, 0.5) is 0 Å². The van der Waals surface area contributed by atoms with E-state index in [9.17, 15) is 0 Å². The molecule has 0 radical (unpaired) electrons. The molecule has 0 heterocycles. The average molecular weight is 298 g/mol. The fourth-order valence-corrected chi connectivity index (χ4v) is 2.05. The average Bonchev–Trinajstić information content (AvgIpc) is 2.91. The summed E-state index contributed by atoms with van der Waals surface area (Å²) in [5, 5.41) is 0. The van der Waals surface area contributed by atoms with Crippen molar-refractivity contribution in [2.24, 2.45) is 0 Å². The predicted octanol–water partition coefficient (Wildman–Crippen LogP) is 5.40. The Morgan fingerprint density at radius 2 is 1.42 bits per heavy atom. The first-order valence-corrected chi connectivity index (χ1v) is 6.66. The molecule has 106 valence electrons. The smallest absolute Gasteiger partial charge is 0.214 e. The predicted molar refractivity (Wildman–Crippen MR) is 81.5 cm³/mol. The normalized spacial score (nSPS) is 11.3. The van der Waals surface area contributed by atoms with Crippen LogP contribution in [0, 0.1) is 0 Å². The second kappa shape index (κ2) is 7.12. The zero-order chi connectivity index (χ0) is 13.8. The topological polar surface area (TPSA) is 0 Å². The molecule has 0 aliphatic heterocycles. The Kier molecular flexibility index (Phi) is 6.83. The molecule has 0 spiro atoms. The van der Waals surface area contributed by atoms with Crippen LogP contribution >= 0.6 is 0 Å². The molecule has 0 saturated carbocycles. The van der Waals surface area contributed by atoms with Crippen molar-refractivity contribution in [2.75, 3.05) is 0 Å².